The monoisotopic (exact) mass is 358 g/mol. The fourth-order valence-corrected chi connectivity index (χ4v) is 3.28. The molecule has 26 heavy (non-hydrogen) atoms. The number of hydrogen-bond acceptors (Lipinski definition) is 5. The van der Waals surface area contributed by atoms with Gasteiger partial charge >= 0.3 is 0 Å². The minimum atomic E-state index is -0.584. The third-order valence-electron chi connectivity index (χ3n) is 5.14. The molecule has 0 bridgehead atoms. The van der Waals surface area contributed by atoms with Crippen LogP contribution >= 0.6 is 0 Å². The van der Waals surface area contributed by atoms with E-state index in [2.05, 4.69) is 19.9 Å². The summed E-state index contributed by atoms with van der Waals surface area (Å²) < 4.78 is 21.4. The van der Waals surface area contributed by atoms with E-state index in [4.69, 9.17) is 18.9 Å². The number of rotatable bonds is 7. The molecule has 1 N–H and O–H groups in total. The quantitative estimate of drug-likeness (QED) is 0.811. The van der Waals surface area contributed by atoms with E-state index >= 15 is 0 Å². The highest BCUT2D eigenvalue weighted by molar-refractivity contribution is 5.45. The Kier molecular flexibility index (Phi) is 5.57. The maximum atomic E-state index is 10.8. The molecule has 0 saturated heterocycles. The van der Waals surface area contributed by atoms with Crippen molar-refractivity contribution < 1.29 is 24.1 Å². The first-order valence-corrected chi connectivity index (χ1v) is 8.82. The third kappa shape index (κ3) is 3.73. The van der Waals surface area contributed by atoms with Crippen LogP contribution < -0.4 is 18.9 Å². The zero-order valence-corrected chi connectivity index (χ0v) is 15.7. The van der Waals surface area contributed by atoms with Crippen LogP contribution in [0.5, 0.6) is 23.0 Å². The van der Waals surface area contributed by atoms with Crippen molar-refractivity contribution in [1.82, 2.24) is 0 Å². The number of aliphatic hydroxyl groups is 1. The summed E-state index contributed by atoms with van der Waals surface area (Å²) in [7, 11) is 3.20. The van der Waals surface area contributed by atoms with Crippen LogP contribution in [0.2, 0.25) is 0 Å². The average molecular weight is 358 g/mol. The van der Waals surface area contributed by atoms with Gasteiger partial charge in [-0.3, -0.25) is 0 Å². The molecule has 0 unspecified atom stereocenters. The van der Waals surface area contributed by atoms with Crippen LogP contribution in [0.1, 0.15) is 31.1 Å². The fraction of sp³-hybridized carbons (Fsp3) is 0.429. The first kappa shape index (κ1) is 18.4. The summed E-state index contributed by atoms with van der Waals surface area (Å²) in [5, 5.41) is 10.8. The van der Waals surface area contributed by atoms with Gasteiger partial charge in [-0.2, -0.15) is 0 Å². The highest BCUT2D eigenvalue weighted by Gasteiger charge is 2.24. The molecule has 1 aliphatic heterocycles. The summed E-state index contributed by atoms with van der Waals surface area (Å²) in [6.45, 7) is 4.50. The van der Waals surface area contributed by atoms with E-state index in [0.717, 1.165) is 23.5 Å². The molecule has 2 aromatic rings. The normalized spacial score (nSPS) is 16.0. The molecule has 0 saturated carbocycles. The van der Waals surface area contributed by atoms with Gasteiger partial charge < -0.3 is 24.1 Å². The molecule has 140 valence electrons. The van der Waals surface area contributed by atoms with Gasteiger partial charge in [-0.1, -0.05) is 26.0 Å². The predicted octanol–water partition coefficient (Wildman–Crippen LogP) is 3.98. The first-order chi connectivity index (χ1) is 12.5. The van der Waals surface area contributed by atoms with E-state index in [9.17, 15) is 5.11 Å². The molecule has 1 heterocycles. The Morgan fingerprint density at radius 3 is 2.42 bits per heavy atom. The molecule has 2 aromatic carbocycles. The van der Waals surface area contributed by atoms with E-state index in [0.29, 0.717) is 11.5 Å². The molecule has 0 fully saturated rings. The number of hydrogen-bond donors (Lipinski definition) is 1. The van der Waals surface area contributed by atoms with Crippen molar-refractivity contribution in [3.63, 3.8) is 0 Å². The standard InChI is InChI=1S/C21H26O5/c1-13(9-15-5-7-18-20(10-15)26-12-25-18)14(2)21(22)16-6-8-17(23-3)19(11-16)24-4/h5-8,10-11,13-14,21-22H,9,12H2,1-4H3/t13-,14+,21+/m1/s1. The summed E-state index contributed by atoms with van der Waals surface area (Å²) in [6.07, 6.45) is 0.265. The first-order valence-electron chi connectivity index (χ1n) is 8.82. The average Bonchev–Trinajstić information content (AvgIpc) is 3.13. The van der Waals surface area contributed by atoms with Crippen molar-refractivity contribution in [2.24, 2.45) is 11.8 Å². The van der Waals surface area contributed by atoms with Crippen molar-refractivity contribution in [1.29, 1.82) is 0 Å². The molecule has 5 heteroatoms. The number of aliphatic hydroxyl groups excluding tert-OH is 1. The molecule has 0 aromatic heterocycles. The maximum Gasteiger partial charge on any atom is 0.231 e. The molecular formula is C21H26O5. The van der Waals surface area contributed by atoms with Crippen LogP contribution in [0.15, 0.2) is 36.4 Å². The summed E-state index contributed by atoms with van der Waals surface area (Å²) in [5.74, 6) is 3.21. The second kappa shape index (κ2) is 7.87. The molecule has 0 aliphatic carbocycles. The van der Waals surface area contributed by atoms with Crippen molar-refractivity contribution in [3.05, 3.63) is 47.5 Å². The minimum Gasteiger partial charge on any atom is -0.493 e. The Morgan fingerprint density at radius 1 is 0.962 bits per heavy atom. The molecular weight excluding hydrogens is 332 g/mol. The zero-order valence-electron chi connectivity index (χ0n) is 15.7. The summed E-state index contributed by atoms with van der Waals surface area (Å²) in [4.78, 5) is 0. The lowest BCUT2D eigenvalue weighted by Gasteiger charge is -2.26. The van der Waals surface area contributed by atoms with Crippen molar-refractivity contribution >= 4 is 0 Å². The van der Waals surface area contributed by atoms with E-state index in [1.807, 2.05) is 30.3 Å². The summed E-state index contributed by atoms with van der Waals surface area (Å²) in [5.41, 5.74) is 2.00. The van der Waals surface area contributed by atoms with E-state index in [-0.39, 0.29) is 18.6 Å². The van der Waals surface area contributed by atoms with E-state index in [1.165, 1.54) is 5.56 Å². The van der Waals surface area contributed by atoms with Crippen LogP contribution in [-0.2, 0) is 6.42 Å². The molecule has 1 aliphatic rings. The zero-order chi connectivity index (χ0) is 18.7. The molecule has 0 spiro atoms. The number of benzene rings is 2. The number of ether oxygens (including phenoxy) is 4. The van der Waals surface area contributed by atoms with Gasteiger partial charge in [0, 0.05) is 0 Å². The molecule has 5 nitrogen and oxygen atoms in total. The Hall–Kier alpha value is -2.40. The Bertz CT molecular complexity index is 758. The Morgan fingerprint density at radius 2 is 1.69 bits per heavy atom. The highest BCUT2D eigenvalue weighted by Crippen LogP contribution is 2.37. The van der Waals surface area contributed by atoms with Gasteiger partial charge in [0.2, 0.25) is 6.79 Å². The third-order valence-corrected chi connectivity index (χ3v) is 5.14. The van der Waals surface area contributed by atoms with E-state index in [1.54, 1.807) is 14.2 Å². The van der Waals surface area contributed by atoms with Gasteiger partial charge in [0.15, 0.2) is 23.0 Å². The second-order valence-corrected chi connectivity index (χ2v) is 6.79. The largest absolute Gasteiger partial charge is 0.493 e. The van der Waals surface area contributed by atoms with Gasteiger partial charge in [-0.05, 0) is 53.6 Å². The van der Waals surface area contributed by atoms with Crippen LogP contribution in [0, 0.1) is 11.8 Å². The maximum absolute atomic E-state index is 10.8. The molecule has 0 amide bonds. The second-order valence-electron chi connectivity index (χ2n) is 6.79. The SMILES string of the molecule is COc1ccc([C@@H](O)[C@@H](C)[C@H](C)Cc2ccc3c(c2)OCO3)cc1OC. The van der Waals surface area contributed by atoms with Crippen molar-refractivity contribution in [3.8, 4) is 23.0 Å². The van der Waals surface area contributed by atoms with Crippen molar-refractivity contribution in [2.75, 3.05) is 21.0 Å². The van der Waals surface area contributed by atoms with Gasteiger partial charge in [-0.25, -0.2) is 0 Å². The van der Waals surface area contributed by atoms with Gasteiger partial charge in [0.05, 0.1) is 20.3 Å². The predicted molar refractivity (Wildman–Crippen MR) is 99.1 cm³/mol. The highest BCUT2D eigenvalue weighted by atomic mass is 16.7. The minimum absolute atomic E-state index is 0.0681. The molecule has 3 atom stereocenters. The van der Waals surface area contributed by atoms with Gasteiger partial charge in [0.1, 0.15) is 0 Å². The Balaban J connectivity index is 1.70. The van der Waals surface area contributed by atoms with E-state index < -0.39 is 6.10 Å². The lowest BCUT2D eigenvalue weighted by molar-refractivity contribution is 0.0869. The molecule has 0 radical (unpaired) electrons. The number of methoxy groups -OCH3 is 2. The van der Waals surface area contributed by atoms with Gasteiger partial charge in [0.25, 0.3) is 0 Å². The summed E-state index contributed by atoms with van der Waals surface area (Å²) >= 11 is 0. The summed E-state index contributed by atoms with van der Waals surface area (Å²) in [6, 6.07) is 11.6. The topological polar surface area (TPSA) is 57.2 Å². The van der Waals surface area contributed by atoms with Crippen molar-refractivity contribution in [2.45, 2.75) is 26.4 Å². The molecule has 3 rings (SSSR count). The lowest BCUT2D eigenvalue weighted by atomic mass is 9.83. The fourth-order valence-electron chi connectivity index (χ4n) is 3.28. The van der Waals surface area contributed by atoms with Crippen LogP contribution in [0.25, 0.3) is 0 Å². The van der Waals surface area contributed by atoms with Crippen LogP contribution in [0.3, 0.4) is 0 Å². The van der Waals surface area contributed by atoms with Gasteiger partial charge in [-0.15, -0.1) is 0 Å². The number of fused-ring (bicyclic) bond motifs is 1. The Labute approximate surface area is 154 Å². The smallest absolute Gasteiger partial charge is 0.231 e. The van der Waals surface area contributed by atoms with Crippen LogP contribution in [0.4, 0.5) is 0 Å². The lowest BCUT2D eigenvalue weighted by Crippen LogP contribution is -2.19. The van der Waals surface area contributed by atoms with Crippen LogP contribution in [-0.4, -0.2) is 26.1 Å².